The molecule has 4 heteroatoms. The van der Waals surface area contributed by atoms with Gasteiger partial charge in [-0.05, 0) is 25.8 Å². The molecule has 4 nitrogen and oxygen atoms in total. The molecule has 1 amide bonds. The van der Waals surface area contributed by atoms with Crippen molar-refractivity contribution in [3.05, 3.63) is 35.9 Å². The normalized spacial score (nSPS) is 26.5. The Bertz CT molecular complexity index is 558. The van der Waals surface area contributed by atoms with Gasteiger partial charge in [-0.3, -0.25) is 4.79 Å². The molecule has 2 N–H and O–H groups in total. The Hall–Kier alpha value is -1.39. The summed E-state index contributed by atoms with van der Waals surface area (Å²) in [5.41, 5.74) is 6.54. The quantitative estimate of drug-likeness (QED) is 0.833. The van der Waals surface area contributed by atoms with Crippen LogP contribution in [0.15, 0.2) is 30.3 Å². The van der Waals surface area contributed by atoms with Crippen molar-refractivity contribution in [3.63, 3.8) is 0 Å². The molecule has 24 heavy (non-hydrogen) atoms. The Morgan fingerprint density at radius 2 is 1.96 bits per heavy atom. The molecular formula is C20H32N2O2. The average molecular weight is 332 g/mol. The van der Waals surface area contributed by atoms with Crippen LogP contribution in [-0.2, 0) is 16.1 Å². The highest BCUT2D eigenvalue weighted by molar-refractivity contribution is 5.89. The average Bonchev–Trinajstić information content (AvgIpc) is 2.58. The zero-order valence-corrected chi connectivity index (χ0v) is 15.7. The van der Waals surface area contributed by atoms with Gasteiger partial charge in [-0.15, -0.1) is 0 Å². The van der Waals surface area contributed by atoms with E-state index in [-0.39, 0.29) is 23.5 Å². The van der Waals surface area contributed by atoms with Crippen LogP contribution in [-0.4, -0.2) is 35.1 Å². The van der Waals surface area contributed by atoms with Gasteiger partial charge in [0.25, 0.3) is 0 Å². The molecule has 1 aliphatic rings. The van der Waals surface area contributed by atoms with Gasteiger partial charge < -0.3 is 15.4 Å². The van der Waals surface area contributed by atoms with Crippen LogP contribution in [0.2, 0.25) is 0 Å². The zero-order valence-electron chi connectivity index (χ0n) is 15.7. The number of nitrogens with zero attached hydrogens (tertiary/aromatic N) is 1. The molecule has 2 rings (SSSR count). The Kier molecular flexibility index (Phi) is 5.71. The van der Waals surface area contributed by atoms with E-state index in [9.17, 15) is 4.79 Å². The number of nitrogens with two attached hydrogens (primary N) is 1. The van der Waals surface area contributed by atoms with E-state index in [1.165, 1.54) is 0 Å². The first-order valence-corrected chi connectivity index (χ1v) is 9.03. The zero-order chi connectivity index (χ0) is 18.0. The Morgan fingerprint density at radius 1 is 1.33 bits per heavy atom. The third-order valence-electron chi connectivity index (χ3n) is 5.79. The van der Waals surface area contributed by atoms with Crippen molar-refractivity contribution in [2.75, 3.05) is 6.61 Å². The standard InChI is InChI=1S/C20H32N2O2/c1-6-15(3)22(14-16-11-9-8-10-12-16)18(23)20(21)13-17(24-7-2)19(20,4)5/h8-12,15,17H,6-7,13-14,21H2,1-5H3. The lowest BCUT2D eigenvalue weighted by Gasteiger charge is -2.59. The molecule has 0 aromatic heterocycles. The first-order chi connectivity index (χ1) is 11.3. The molecule has 134 valence electrons. The molecule has 0 aliphatic heterocycles. The minimum atomic E-state index is -0.856. The van der Waals surface area contributed by atoms with E-state index in [4.69, 9.17) is 10.5 Å². The van der Waals surface area contributed by atoms with Crippen LogP contribution in [0, 0.1) is 5.41 Å². The van der Waals surface area contributed by atoms with Crippen molar-refractivity contribution in [3.8, 4) is 0 Å². The van der Waals surface area contributed by atoms with Crippen LogP contribution in [0.5, 0.6) is 0 Å². The highest BCUT2D eigenvalue weighted by Gasteiger charge is 2.63. The number of ether oxygens (including phenoxy) is 1. The van der Waals surface area contributed by atoms with E-state index in [1.54, 1.807) is 0 Å². The summed E-state index contributed by atoms with van der Waals surface area (Å²) in [6.45, 7) is 11.5. The molecule has 1 fully saturated rings. The molecular weight excluding hydrogens is 300 g/mol. The van der Waals surface area contributed by atoms with E-state index in [0.29, 0.717) is 19.6 Å². The van der Waals surface area contributed by atoms with E-state index < -0.39 is 5.54 Å². The fourth-order valence-electron chi connectivity index (χ4n) is 3.48. The fourth-order valence-corrected chi connectivity index (χ4v) is 3.48. The SMILES string of the molecule is CCOC1CC(N)(C(=O)N(Cc2ccccc2)C(C)CC)C1(C)C. The van der Waals surface area contributed by atoms with Crippen LogP contribution in [0.1, 0.15) is 53.0 Å². The summed E-state index contributed by atoms with van der Waals surface area (Å²) < 4.78 is 5.77. The largest absolute Gasteiger partial charge is 0.378 e. The Morgan fingerprint density at radius 3 is 2.46 bits per heavy atom. The maximum absolute atomic E-state index is 13.4. The maximum Gasteiger partial charge on any atom is 0.243 e. The van der Waals surface area contributed by atoms with Crippen molar-refractivity contribution in [1.29, 1.82) is 0 Å². The van der Waals surface area contributed by atoms with Crippen molar-refractivity contribution in [2.24, 2.45) is 11.1 Å². The lowest BCUT2D eigenvalue weighted by Crippen LogP contribution is -2.76. The number of amides is 1. The monoisotopic (exact) mass is 332 g/mol. The number of rotatable bonds is 7. The summed E-state index contributed by atoms with van der Waals surface area (Å²) in [5.74, 6) is 0.0432. The number of benzene rings is 1. The smallest absolute Gasteiger partial charge is 0.243 e. The second-order valence-electron chi connectivity index (χ2n) is 7.52. The number of carbonyl (C=O) groups excluding carboxylic acids is 1. The van der Waals surface area contributed by atoms with Crippen molar-refractivity contribution >= 4 is 5.91 Å². The van der Waals surface area contributed by atoms with Crippen LogP contribution in [0.3, 0.4) is 0 Å². The van der Waals surface area contributed by atoms with Gasteiger partial charge in [0.05, 0.1) is 6.10 Å². The molecule has 1 aliphatic carbocycles. The predicted molar refractivity (Wildman–Crippen MR) is 97.5 cm³/mol. The van der Waals surface area contributed by atoms with Crippen molar-refractivity contribution < 1.29 is 9.53 Å². The number of carbonyl (C=O) groups is 1. The fraction of sp³-hybridized carbons (Fsp3) is 0.650. The number of hydrogen-bond acceptors (Lipinski definition) is 3. The molecule has 1 aromatic rings. The van der Waals surface area contributed by atoms with E-state index in [1.807, 2.05) is 43.9 Å². The van der Waals surface area contributed by atoms with Gasteiger partial charge in [-0.2, -0.15) is 0 Å². The molecule has 1 saturated carbocycles. The van der Waals surface area contributed by atoms with E-state index in [0.717, 1.165) is 12.0 Å². The van der Waals surface area contributed by atoms with Crippen molar-refractivity contribution in [1.82, 2.24) is 4.90 Å². The van der Waals surface area contributed by atoms with Gasteiger partial charge in [0, 0.05) is 31.0 Å². The van der Waals surface area contributed by atoms with Crippen LogP contribution in [0.25, 0.3) is 0 Å². The highest BCUT2D eigenvalue weighted by Crippen LogP contribution is 2.50. The van der Waals surface area contributed by atoms with Crippen LogP contribution >= 0.6 is 0 Å². The molecule has 1 aromatic carbocycles. The Labute approximate surface area is 146 Å². The lowest BCUT2D eigenvalue weighted by molar-refractivity contribution is -0.181. The molecule has 0 saturated heterocycles. The summed E-state index contributed by atoms with van der Waals surface area (Å²) in [4.78, 5) is 15.3. The molecule has 0 bridgehead atoms. The second kappa shape index (κ2) is 7.24. The summed E-state index contributed by atoms with van der Waals surface area (Å²) in [5, 5.41) is 0. The third kappa shape index (κ3) is 3.22. The van der Waals surface area contributed by atoms with Crippen molar-refractivity contribution in [2.45, 2.75) is 71.7 Å². The first-order valence-electron chi connectivity index (χ1n) is 9.03. The predicted octanol–water partition coefficient (Wildman–Crippen LogP) is 3.35. The topological polar surface area (TPSA) is 55.6 Å². The van der Waals surface area contributed by atoms with Gasteiger partial charge in [0.2, 0.25) is 5.91 Å². The summed E-state index contributed by atoms with van der Waals surface area (Å²) in [7, 11) is 0. The minimum absolute atomic E-state index is 0.0432. The highest BCUT2D eigenvalue weighted by atomic mass is 16.5. The van der Waals surface area contributed by atoms with E-state index >= 15 is 0 Å². The first kappa shape index (κ1) is 18.9. The van der Waals surface area contributed by atoms with E-state index in [2.05, 4.69) is 26.0 Å². The Balaban J connectivity index is 2.22. The second-order valence-corrected chi connectivity index (χ2v) is 7.52. The van der Waals surface area contributed by atoms with Gasteiger partial charge in [0.1, 0.15) is 5.54 Å². The van der Waals surface area contributed by atoms with Gasteiger partial charge in [-0.1, -0.05) is 51.1 Å². The van der Waals surface area contributed by atoms with Gasteiger partial charge in [0.15, 0.2) is 0 Å². The third-order valence-corrected chi connectivity index (χ3v) is 5.79. The van der Waals surface area contributed by atoms with Gasteiger partial charge >= 0.3 is 0 Å². The van der Waals surface area contributed by atoms with Crippen LogP contribution < -0.4 is 5.73 Å². The summed E-state index contributed by atoms with van der Waals surface area (Å²) >= 11 is 0. The van der Waals surface area contributed by atoms with Crippen LogP contribution in [0.4, 0.5) is 0 Å². The molecule has 3 unspecified atom stereocenters. The lowest BCUT2D eigenvalue weighted by atomic mass is 9.54. The molecule has 3 atom stereocenters. The molecule has 0 radical (unpaired) electrons. The maximum atomic E-state index is 13.4. The minimum Gasteiger partial charge on any atom is -0.378 e. The summed E-state index contributed by atoms with van der Waals surface area (Å²) in [6, 6.07) is 10.3. The van der Waals surface area contributed by atoms with Gasteiger partial charge in [-0.25, -0.2) is 0 Å². The molecule has 0 heterocycles. The summed E-state index contributed by atoms with van der Waals surface area (Å²) in [6.07, 6.45) is 1.55. The number of hydrogen-bond donors (Lipinski definition) is 1. The molecule has 0 spiro atoms.